The van der Waals surface area contributed by atoms with E-state index in [4.69, 9.17) is 0 Å². The van der Waals surface area contributed by atoms with Gasteiger partial charge in [0.15, 0.2) is 0 Å². The largest absolute Gasteiger partial charge is 0.469 e. The number of carbonyl (C=O) groups is 3. The zero-order valence-electron chi connectivity index (χ0n) is 16.1. The molecule has 0 aliphatic carbocycles. The lowest BCUT2D eigenvalue weighted by molar-refractivity contribution is -0.139. The van der Waals surface area contributed by atoms with Gasteiger partial charge in [0.05, 0.1) is 37.5 Å². The van der Waals surface area contributed by atoms with Crippen LogP contribution in [0.4, 0.5) is 5.69 Å². The van der Waals surface area contributed by atoms with E-state index in [1.54, 1.807) is 23.1 Å². The summed E-state index contributed by atoms with van der Waals surface area (Å²) in [6.45, 7) is 3.69. The smallest absolute Gasteiger partial charge is 0.309 e. The van der Waals surface area contributed by atoms with E-state index in [0.29, 0.717) is 30.0 Å². The molecule has 2 aromatic rings. The number of nitrogens with one attached hydrogen (secondary N) is 2. The average Bonchev–Trinajstić information content (AvgIpc) is 3.32. The number of carbonyl (C=O) groups excluding carboxylic acids is 3. The van der Waals surface area contributed by atoms with E-state index in [9.17, 15) is 14.4 Å². The van der Waals surface area contributed by atoms with Crippen LogP contribution in [0.1, 0.15) is 35.2 Å². The van der Waals surface area contributed by atoms with E-state index in [2.05, 4.69) is 26.6 Å². The molecule has 150 valence electrons. The predicted octanol–water partition coefficient (Wildman–Crippen LogP) is 2.01. The first kappa shape index (κ1) is 20.1. The monoisotopic (exact) mass is 394 g/mol. The number of anilines is 1. The minimum Gasteiger partial charge on any atom is -0.469 e. The number of imidazole rings is 1. The quantitative estimate of drug-likeness (QED) is 0.526. The molecule has 3 rings (SSSR count). The highest BCUT2D eigenvalue weighted by Gasteiger charge is 2.36. The van der Waals surface area contributed by atoms with Crippen LogP contribution in [-0.4, -0.2) is 41.9 Å². The Balaban J connectivity index is 1.92. The third kappa shape index (κ3) is 4.26. The normalized spacial score (nSPS) is 15.2. The minimum absolute atomic E-state index is 0.102. The standard InChI is InChI=1S/C21H22N4O4/c1-3-15-16(8-6-10-20(28)29-2)24-21(23-15)18-11-14-7-4-5-9-17(14)25(18)19(27)12-22-13-26/h3-9,13,18H,1,10-12H2,2H3,(H,22,26)(H,23,24)/b8-6-. The molecular weight excluding hydrogens is 372 g/mol. The van der Waals surface area contributed by atoms with Gasteiger partial charge >= 0.3 is 5.97 Å². The first-order valence-corrected chi connectivity index (χ1v) is 9.11. The van der Waals surface area contributed by atoms with E-state index in [1.807, 2.05) is 24.3 Å². The highest BCUT2D eigenvalue weighted by Crippen LogP contribution is 2.39. The number of amides is 2. The second-order valence-electron chi connectivity index (χ2n) is 6.42. The van der Waals surface area contributed by atoms with Gasteiger partial charge in [0.1, 0.15) is 5.82 Å². The van der Waals surface area contributed by atoms with Crippen molar-refractivity contribution in [1.29, 1.82) is 0 Å². The Morgan fingerprint density at radius 1 is 1.41 bits per heavy atom. The van der Waals surface area contributed by atoms with Gasteiger partial charge < -0.3 is 15.0 Å². The van der Waals surface area contributed by atoms with E-state index < -0.39 is 0 Å². The molecule has 29 heavy (non-hydrogen) atoms. The zero-order chi connectivity index (χ0) is 20.8. The first-order chi connectivity index (χ1) is 14.1. The number of aromatic amines is 1. The Labute approximate surface area is 168 Å². The van der Waals surface area contributed by atoms with E-state index in [1.165, 1.54) is 7.11 Å². The van der Waals surface area contributed by atoms with Gasteiger partial charge in [-0.2, -0.15) is 0 Å². The van der Waals surface area contributed by atoms with Crippen LogP contribution in [0, 0.1) is 0 Å². The van der Waals surface area contributed by atoms with Crippen LogP contribution in [0.25, 0.3) is 12.2 Å². The molecule has 2 amide bonds. The van der Waals surface area contributed by atoms with E-state index >= 15 is 0 Å². The number of ether oxygens (including phenoxy) is 1. The summed E-state index contributed by atoms with van der Waals surface area (Å²) in [4.78, 5) is 44.2. The molecule has 1 aromatic carbocycles. The number of rotatable bonds is 8. The zero-order valence-corrected chi connectivity index (χ0v) is 16.1. The predicted molar refractivity (Wildman–Crippen MR) is 109 cm³/mol. The van der Waals surface area contributed by atoms with Crippen molar-refractivity contribution in [2.45, 2.75) is 18.9 Å². The third-order valence-electron chi connectivity index (χ3n) is 4.67. The highest BCUT2D eigenvalue weighted by atomic mass is 16.5. The summed E-state index contributed by atoms with van der Waals surface area (Å²) < 4.78 is 4.63. The Hall–Kier alpha value is -3.68. The summed E-state index contributed by atoms with van der Waals surface area (Å²) >= 11 is 0. The van der Waals surface area contributed by atoms with Crippen molar-refractivity contribution in [2.24, 2.45) is 0 Å². The summed E-state index contributed by atoms with van der Waals surface area (Å²) in [5.41, 5.74) is 3.13. The summed E-state index contributed by atoms with van der Waals surface area (Å²) in [5, 5.41) is 2.43. The van der Waals surface area contributed by atoms with Crippen molar-refractivity contribution in [1.82, 2.24) is 15.3 Å². The summed E-state index contributed by atoms with van der Waals surface area (Å²) in [6.07, 6.45) is 6.27. The van der Waals surface area contributed by atoms with Crippen LogP contribution in [-0.2, 0) is 25.5 Å². The van der Waals surface area contributed by atoms with Gasteiger partial charge in [-0.05, 0) is 23.8 Å². The van der Waals surface area contributed by atoms with E-state index in [0.717, 1.165) is 11.3 Å². The topological polar surface area (TPSA) is 104 Å². The van der Waals surface area contributed by atoms with Crippen LogP contribution < -0.4 is 10.2 Å². The number of benzene rings is 1. The number of methoxy groups -OCH3 is 1. The van der Waals surface area contributed by atoms with Gasteiger partial charge in [0.2, 0.25) is 12.3 Å². The fraction of sp³-hybridized carbons (Fsp3) is 0.238. The molecule has 2 N–H and O–H groups in total. The highest BCUT2D eigenvalue weighted by molar-refractivity contribution is 5.98. The maximum Gasteiger partial charge on any atom is 0.309 e. The SMILES string of the molecule is C=Cc1nc(C2Cc3ccccc3N2C(=O)CNC=O)[nH]c1/C=C\CC(=O)OC. The van der Waals surface area contributed by atoms with Gasteiger partial charge in [-0.15, -0.1) is 0 Å². The first-order valence-electron chi connectivity index (χ1n) is 9.11. The number of hydrogen-bond acceptors (Lipinski definition) is 5. The molecule has 0 saturated carbocycles. The van der Waals surface area contributed by atoms with Gasteiger partial charge in [0.25, 0.3) is 0 Å². The molecule has 1 aliphatic heterocycles. The lowest BCUT2D eigenvalue weighted by Gasteiger charge is -2.24. The van der Waals surface area contributed by atoms with Crippen molar-refractivity contribution >= 4 is 36.1 Å². The number of para-hydroxylation sites is 1. The van der Waals surface area contributed by atoms with Crippen molar-refractivity contribution in [2.75, 3.05) is 18.6 Å². The molecule has 1 unspecified atom stereocenters. The molecular formula is C21H22N4O4. The van der Waals surface area contributed by atoms with Crippen LogP contribution in [0.15, 0.2) is 36.9 Å². The lowest BCUT2D eigenvalue weighted by Crippen LogP contribution is -2.39. The summed E-state index contributed by atoms with van der Waals surface area (Å²) in [7, 11) is 1.34. The van der Waals surface area contributed by atoms with Crippen LogP contribution in [0.2, 0.25) is 0 Å². The molecule has 2 heterocycles. The van der Waals surface area contributed by atoms with Crippen LogP contribution in [0.3, 0.4) is 0 Å². The van der Waals surface area contributed by atoms with Crippen molar-refractivity contribution < 1.29 is 19.1 Å². The molecule has 1 aromatic heterocycles. The van der Waals surface area contributed by atoms with Crippen molar-refractivity contribution in [3.8, 4) is 0 Å². The second kappa shape index (κ2) is 9.01. The van der Waals surface area contributed by atoms with Gasteiger partial charge in [0, 0.05) is 12.1 Å². The molecule has 0 saturated heterocycles. The van der Waals surface area contributed by atoms with Crippen molar-refractivity contribution in [3.63, 3.8) is 0 Å². The van der Waals surface area contributed by atoms with E-state index in [-0.39, 0.29) is 30.9 Å². The molecule has 1 aliphatic rings. The number of H-pyrrole nitrogens is 1. The number of hydrogen-bond donors (Lipinski definition) is 2. The average molecular weight is 394 g/mol. The minimum atomic E-state index is -0.341. The summed E-state index contributed by atoms with van der Waals surface area (Å²) in [6, 6.07) is 7.30. The molecule has 8 nitrogen and oxygen atoms in total. The van der Waals surface area contributed by atoms with Crippen molar-refractivity contribution in [3.05, 3.63) is 59.7 Å². The van der Waals surface area contributed by atoms with Crippen LogP contribution >= 0.6 is 0 Å². The Bertz CT molecular complexity index is 963. The van der Waals surface area contributed by atoms with Crippen LogP contribution in [0.5, 0.6) is 0 Å². The molecule has 1 atom stereocenters. The molecule has 0 spiro atoms. The second-order valence-corrected chi connectivity index (χ2v) is 6.42. The Kier molecular flexibility index (Phi) is 6.23. The fourth-order valence-electron chi connectivity index (χ4n) is 3.34. The van der Waals surface area contributed by atoms with Gasteiger partial charge in [-0.3, -0.25) is 19.3 Å². The van der Waals surface area contributed by atoms with Gasteiger partial charge in [-0.25, -0.2) is 4.98 Å². The third-order valence-corrected chi connectivity index (χ3v) is 4.67. The number of nitrogens with zero attached hydrogens (tertiary/aromatic N) is 2. The molecule has 0 bridgehead atoms. The molecule has 8 heteroatoms. The Morgan fingerprint density at radius 3 is 2.93 bits per heavy atom. The van der Waals surface area contributed by atoms with Gasteiger partial charge in [-0.1, -0.05) is 30.9 Å². The number of aromatic nitrogens is 2. The maximum absolute atomic E-state index is 12.8. The number of fused-ring (bicyclic) bond motifs is 1. The maximum atomic E-state index is 12.8. The fourth-order valence-corrected chi connectivity index (χ4v) is 3.34. The Morgan fingerprint density at radius 2 is 2.21 bits per heavy atom. The number of esters is 1. The summed E-state index contributed by atoms with van der Waals surface area (Å²) in [5.74, 6) is 0.0338. The molecule has 0 fully saturated rings. The lowest BCUT2D eigenvalue weighted by atomic mass is 10.1. The molecule has 0 radical (unpaired) electrons.